The molecule has 0 aliphatic heterocycles. The molecule has 3 rings (SSSR count). The zero-order valence-electron chi connectivity index (χ0n) is 13.3. The summed E-state index contributed by atoms with van der Waals surface area (Å²) in [5.41, 5.74) is 0. The lowest BCUT2D eigenvalue weighted by atomic mass is 9.89. The molecule has 5 heteroatoms. The summed E-state index contributed by atoms with van der Waals surface area (Å²) in [7, 11) is 1.99. The van der Waals surface area contributed by atoms with Gasteiger partial charge in [-0.25, -0.2) is 0 Å². The summed E-state index contributed by atoms with van der Waals surface area (Å²) in [6.45, 7) is 0.967. The third-order valence-corrected chi connectivity index (χ3v) is 5.98. The van der Waals surface area contributed by atoms with Crippen molar-refractivity contribution in [1.82, 2.24) is 14.3 Å². The molecule has 2 aliphatic carbocycles. The molecule has 1 aromatic heterocycles. The fraction of sp³-hybridized carbons (Fsp3) is 0.875. The molecule has 1 heterocycles. The molecule has 2 fully saturated rings. The van der Waals surface area contributed by atoms with Gasteiger partial charge >= 0.3 is 0 Å². The minimum atomic E-state index is 0.825. The lowest BCUT2D eigenvalue weighted by molar-refractivity contribution is -0.973. The third-order valence-electron chi connectivity index (χ3n) is 5.48. The van der Waals surface area contributed by atoms with Crippen molar-refractivity contribution in [1.29, 1.82) is 0 Å². The van der Waals surface area contributed by atoms with Gasteiger partial charge in [-0.2, -0.15) is 9.78 Å². The van der Waals surface area contributed by atoms with Crippen molar-refractivity contribution >= 4 is 12.2 Å². The first kappa shape index (κ1) is 15.2. The summed E-state index contributed by atoms with van der Waals surface area (Å²) >= 11 is 5.50. The SMILES string of the molecule is Cn1cnn(C[NH+](C2CCCCC2)C2CCCCC2)c1=S. The van der Waals surface area contributed by atoms with Crippen molar-refractivity contribution < 1.29 is 4.90 Å². The Morgan fingerprint density at radius 1 is 1.05 bits per heavy atom. The highest BCUT2D eigenvalue weighted by molar-refractivity contribution is 7.71. The van der Waals surface area contributed by atoms with E-state index >= 15 is 0 Å². The fourth-order valence-corrected chi connectivity index (χ4v) is 4.40. The highest BCUT2D eigenvalue weighted by Gasteiger charge is 2.32. The largest absolute Gasteiger partial charge is 0.311 e. The summed E-state index contributed by atoms with van der Waals surface area (Å²) in [5, 5.41) is 4.50. The summed E-state index contributed by atoms with van der Waals surface area (Å²) in [5.74, 6) is 0. The molecular formula is C16H29N4S+. The van der Waals surface area contributed by atoms with E-state index in [9.17, 15) is 0 Å². The number of aromatic nitrogens is 3. The molecule has 0 radical (unpaired) electrons. The van der Waals surface area contributed by atoms with Crippen molar-refractivity contribution in [2.24, 2.45) is 7.05 Å². The van der Waals surface area contributed by atoms with Gasteiger partial charge in [0.1, 0.15) is 6.33 Å². The molecule has 2 saturated carbocycles. The van der Waals surface area contributed by atoms with E-state index in [1.165, 1.54) is 64.2 Å². The van der Waals surface area contributed by atoms with Gasteiger partial charge in [0.25, 0.3) is 0 Å². The van der Waals surface area contributed by atoms with Gasteiger partial charge in [-0.05, 0) is 63.6 Å². The Morgan fingerprint density at radius 2 is 1.57 bits per heavy atom. The van der Waals surface area contributed by atoms with Gasteiger partial charge in [0.05, 0.1) is 12.1 Å². The molecule has 1 aromatic rings. The maximum absolute atomic E-state index is 5.50. The standard InChI is InChI=1S/C16H28N4S/c1-18-12-17-20(16(18)21)13-19(14-8-4-2-5-9-14)15-10-6-3-7-11-15/h12,14-15H,2-11,13H2,1H3/p+1. The van der Waals surface area contributed by atoms with Crippen molar-refractivity contribution in [3.8, 4) is 0 Å². The Kier molecular flexibility index (Phi) is 5.11. The molecule has 2 aliphatic rings. The first-order chi connectivity index (χ1) is 10.3. The van der Waals surface area contributed by atoms with E-state index in [2.05, 4.69) is 5.10 Å². The number of nitrogens with one attached hydrogen (secondary N) is 1. The number of nitrogens with zero attached hydrogens (tertiary/aromatic N) is 3. The van der Waals surface area contributed by atoms with Gasteiger partial charge < -0.3 is 9.47 Å². The van der Waals surface area contributed by atoms with Gasteiger partial charge in [0.2, 0.25) is 4.77 Å². The normalized spacial score (nSPS) is 22.0. The van der Waals surface area contributed by atoms with Gasteiger partial charge in [0.15, 0.2) is 6.67 Å². The minimum Gasteiger partial charge on any atom is -0.311 e. The molecule has 0 spiro atoms. The Morgan fingerprint density at radius 3 is 2.00 bits per heavy atom. The average molecular weight is 310 g/mol. The van der Waals surface area contributed by atoms with E-state index < -0.39 is 0 Å². The van der Waals surface area contributed by atoms with E-state index in [0.29, 0.717) is 0 Å². The van der Waals surface area contributed by atoms with E-state index in [-0.39, 0.29) is 0 Å². The van der Waals surface area contributed by atoms with Gasteiger partial charge in [-0.15, -0.1) is 0 Å². The quantitative estimate of drug-likeness (QED) is 0.865. The molecule has 0 atom stereocenters. The number of hydrogen-bond acceptors (Lipinski definition) is 2. The van der Waals surface area contributed by atoms with E-state index in [1.54, 1.807) is 4.90 Å². The second kappa shape index (κ2) is 7.05. The van der Waals surface area contributed by atoms with Crippen LogP contribution in [0.15, 0.2) is 6.33 Å². The smallest absolute Gasteiger partial charge is 0.202 e. The maximum atomic E-state index is 5.50. The Balaban J connectivity index is 1.77. The van der Waals surface area contributed by atoms with Crippen LogP contribution in [0.4, 0.5) is 0 Å². The van der Waals surface area contributed by atoms with Crippen LogP contribution in [0.25, 0.3) is 0 Å². The highest BCUT2D eigenvalue weighted by Crippen LogP contribution is 2.20. The summed E-state index contributed by atoms with van der Waals surface area (Å²) in [6.07, 6.45) is 15.9. The maximum Gasteiger partial charge on any atom is 0.202 e. The molecule has 0 aromatic carbocycles. The number of quaternary nitrogens is 1. The lowest BCUT2D eigenvalue weighted by Gasteiger charge is -2.38. The topological polar surface area (TPSA) is 27.2 Å². The van der Waals surface area contributed by atoms with E-state index in [4.69, 9.17) is 12.2 Å². The Bertz CT molecular complexity index is 477. The third kappa shape index (κ3) is 3.57. The summed E-state index contributed by atoms with van der Waals surface area (Å²) in [4.78, 5) is 1.77. The predicted molar refractivity (Wildman–Crippen MR) is 86.7 cm³/mol. The molecule has 21 heavy (non-hydrogen) atoms. The fourth-order valence-electron chi connectivity index (χ4n) is 4.24. The zero-order valence-corrected chi connectivity index (χ0v) is 14.1. The predicted octanol–water partition coefficient (Wildman–Crippen LogP) is 2.46. The highest BCUT2D eigenvalue weighted by atomic mass is 32.1. The number of hydrogen-bond donors (Lipinski definition) is 1. The van der Waals surface area contributed by atoms with E-state index in [0.717, 1.165) is 23.5 Å². The van der Waals surface area contributed by atoms with Gasteiger partial charge in [-0.3, -0.25) is 0 Å². The molecule has 0 saturated heterocycles. The monoisotopic (exact) mass is 309 g/mol. The first-order valence-electron chi connectivity index (χ1n) is 8.70. The summed E-state index contributed by atoms with van der Waals surface area (Å²) < 4.78 is 4.86. The van der Waals surface area contributed by atoms with Crippen LogP contribution in [-0.2, 0) is 13.7 Å². The van der Waals surface area contributed by atoms with Gasteiger partial charge in [-0.1, -0.05) is 12.8 Å². The van der Waals surface area contributed by atoms with Crippen LogP contribution in [0.5, 0.6) is 0 Å². The lowest BCUT2D eigenvalue weighted by Crippen LogP contribution is -3.18. The molecule has 4 nitrogen and oxygen atoms in total. The van der Waals surface area contributed by atoms with Crippen LogP contribution >= 0.6 is 12.2 Å². The Labute approximate surface area is 133 Å². The van der Waals surface area contributed by atoms with Crippen LogP contribution in [0.3, 0.4) is 0 Å². The van der Waals surface area contributed by atoms with Crippen molar-refractivity contribution in [2.75, 3.05) is 0 Å². The van der Waals surface area contributed by atoms with E-state index in [1.807, 2.05) is 22.6 Å². The van der Waals surface area contributed by atoms with Crippen LogP contribution in [0.2, 0.25) is 0 Å². The van der Waals surface area contributed by atoms with Crippen LogP contribution in [0.1, 0.15) is 64.2 Å². The molecule has 1 N–H and O–H groups in total. The van der Waals surface area contributed by atoms with Gasteiger partial charge in [0, 0.05) is 7.05 Å². The second-order valence-electron chi connectivity index (χ2n) is 6.93. The Hall–Kier alpha value is -0.680. The molecular weight excluding hydrogens is 280 g/mol. The van der Waals surface area contributed by atoms with Crippen molar-refractivity contribution in [2.45, 2.75) is 83.0 Å². The van der Waals surface area contributed by atoms with Crippen LogP contribution in [0, 0.1) is 4.77 Å². The molecule has 0 bridgehead atoms. The molecule has 0 unspecified atom stereocenters. The first-order valence-corrected chi connectivity index (χ1v) is 9.10. The van der Waals surface area contributed by atoms with Crippen molar-refractivity contribution in [3.63, 3.8) is 0 Å². The summed E-state index contributed by atoms with van der Waals surface area (Å²) in [6, 6.07) is 1.65. The zero-order chi connectivity index (χ0) is 14.7. The average Bonchev–Trinajstić information content (AvgIpc) is 2.86. The molecule has 0 amide bonds. The molecule has 118 valence electrons. The second-order valence-corrected chi connectivity index (χ2v) is 7.29. The minimum absolute atomic E-state index is 0.825. The number of rotatable bonds is 4. The van der Waals surface area contributed by atoms with Crippen LogP contribution in [-0.4, -0.2) is 26.4 Å². The van der Waals surface area contributed by atoms with Crippen molar-refractivity contribution in [3.05, 3.63) is 11.1 Å². The number of aryl methyl sites for hydroxylation is 1. The van der Waals surface area contributed by atoms with Crippen LogP contribution < -0.4 is 4.90 Å².